The summed E-state index contributed by atoms with van der Waals surface area (Å²) in [5.41, 5.74) is 11.4. The molecule has 3 rings (SSSR count). The largest absolute Gasteiger partial charge is 0.327 e. The SMILES string of the molecule is CCCS(=O)(=O)CCc1ccc2c(c1)C(Cc1cccc(Cl)c1)C(N)CC2.Cl. The van der Waals surface area contributed by atoms with Crippen LogP contribution in [-0.4, -0.2) is 26.0 Å². The van der Waals surface area contributed by atoms with Gasteiger partial charge < -0.3 is 5.73 Å². The molecule has 0 spiro atoms. The number of hydrogen-bond acceptors (Lipinski definition) is 3. The van der Waals surface area contributed by atoms with E-state index in [0.29, 0.717) is 12.8 Å². The average Bonchev–Trinajstić information content (AvgIpc) is 2.62. The van der Waals surface area contributed by atoms with Crippen LogP contribution < -0.4 is 5.73 Å². The van der Waals surface area contributed by atoms with E-state index in [9.17, 15) is 8.42 Å². The zero-order valence-electron chi connectivity index (χ0n) is 16.2. The molecular formula is C22H29Cl2NO2S. The molecule has 2 aromatic carbocycles. The molecule has 2 aromatic rings. The third-order valence-electron chi connectivity index (χ3n) is 5.44. The van der Waals surface area contributed by atoms with E-state index in [-0.39, 0.29) is 35.9 Å². The Hall–Kier alpha value is -1.07. The standard InChI is InChI=1S/C22H28ClNO2S.ClH/c1-2-11-27(25,26)12-10-16-6-7-18-8-9-22(24)21(20(18)14-16)15-17-4-3-5-19(23)13-17;/h3-7,13-14,21-22H,2,8-12,15,24H2,1H3;1H. The summed E-state index contributed by atoms with van der Waals surface area (Å²) in [5, 5.41) is 0.743. The van der Waals surface area contributed by atoms with Crippen molar-refractivity contribution in [1.82, 2.24) is 0 Å². The van der Waals surface area contributed by atoms with Crippen LogP contribution in [0.1, 0.15) is 47.9 Å². The van der Waals surface area contributed by atoms with Gasteiger partial charge in [0.2, 0.25) is 0 Å². The first-order valence-corrected chi connectivity index (χ1v) is 11.9. The van der Waals surface area contributed by atoms with Gasteiger partial charge in [-0.25, -0.2) is 8.42 Å². The minimum Gasteiger partial charge on any atom is -0.327 e. The van der Waals surface area contributed by atoms with Crippen LogP contribution in [0.5, 0.6) is 0 Å². The Balaban J connectivity index is 0.00000280. The summed E-state index contributed by atoms with van der Waals surface area (Å²) in [5.74, 6) is 0.713. The normalized spacial score (nSPS) is 19.0. The Labute approximate surface area is 180 Å². The van der Waals surface area contributed by atoms with E-state index in [1.54, 1.807) is 0 Å². The molecule has 0 amide bonds. The number of sulfone groups is 1. The van der Waals surface area contributed by atoms with Crippen molar-refractivity contribution in [2.45, 2.75) is 51.0 Å². The number of halogens is 2. The molecule has 0 saturated heterocycles. The van der Waals surface area contributed by atoms with Crippen LogP contribution in [0.2, 0.25) is 5.02 Å². The first-order valence-electron chi connectivity index (χ1n) is 9.70. The molecule has 0 bridgehead atoms. The van der Waals surface area contributed by atoms with Crippen molar-refractivity contribution >= 4 is 33.8 Å². The monoisotopic (exact) mass is 441 g/mol. The van der Waals surface area contributed by atoms with E-state index in [1.165, 1.54) is 16.7 Å². The Bertz CT molecular complexity index is 899. The van der Waals surface area contributed by atoms with E-state index in [2.05, 4.69) is 24.3 Å². The summed E-state index contributed by atoms with van der Waals surface area (Å²) in [6.07, 6.45) is 4.05. The summed E-state index contributed by atoms with van der Waals surface area (Å²) in [6.45, 7) is 1.90. The third-order valence-corrected chi connectivity index (χ3v) is 7.53. The Kier molecular flexibility index (Phi) is 8.38. The van der Waals surface area contributed by atoms with E-state index in [4.69, 9.17) is 17.3 Å². The van der Waals surface area contributed by atoms with Crippen LogP contribution in [-0.2, 0) is 29.1 Å². The lowest BCUT2D eigenvalue weighted by molar-refractivity contribution is 0.467. The highest BCUT2D eigenvalue weighted by Gasteiger charge is 2.27. The van der Waals surface area contributed by atoms with Crippen molar-refractivity contribution in [2.75, 3.05) is 11.5 Å². The van der Waals surface area contributed by atoms with Crippen molar-refractivity contribution < 1.29 is 8.42 Å². The molecule has 0 aliphatic heterocycles. The first kappa shape index (κ1) is 23.2. The van der Waals surface area contributed by atoms with Gasteiger partial charge >= 0.3 is 0 Å². The third kappa shape index (κ3) is 5.96. The van der Waals surface area contributed by atoms with Crippen LogP contribution in [0, 0.1) is 0 Å². The predicted octanol–water partition coefficient (Wildman–Crippen LogP) is 4.73. The summed E-state index contributed by atoms with van der Waals surface area (Å²) >= 11 is 6.15. The summed E-state index contributed by atoms with van der Waals surface area (Å²) in [6, 6.07) is 14.5. The van der Waals surface area contributed by atoms with E-state index in [0.717, 1.165) is 29.8 Å². The Morgan fingerprint density at radius 3 is 2.61 bits per heavy atom. The Morgan fingerprint density at radius 2 is 1.89 bits per heavy atom. The zero-order chi connectivity index (χ0) is 19.4. The Morgan fingerprint density at radius 1 is 1.11 bits per heavy atom. The van der Waals surface area contributed by atoms with Crippen molar-refractivity contribution in [2.24, 2.45) is 5.73 Å². The second-order valence-electron chi connectivity index (χ2n) is 7.58. The van der Waals surface area contributed by atoms with Gasteiger partial charge in [-0.05, 0) is 66.5 Å². The molecule has 28 heavy (non-hydrogen) atoms. The summed E-state index contributed by atoms with van der Waals surface area (Å²) in [7, 11) is -2.97. The van der Waals surface area contributed by atoms with Gasteiger partial charge in [-0.15, -0.1) is 12.4 Å². The molecule has 1 aliphatic rings. The number of benzene rings is 2. The number of hydrogen-bond donors (Lipinski definition) is 1. The van der Waals surface area contributed by atoms with Gasteiger partial charge in [0.05, 0.1) is 5.75 Å². The summed E-state index contributed by atoms with van der Waals surface area (Å²) < 4.78 is 24.1. The molecule has 0 saturated carbocycles. The molecule has 154 valence electrons. The van der Waals surface area contributed by atoms with Crippen LogP contribution in [0.3, 0.4) is 0 Å². The lowest BCUT2D eigenvalue weighted by Gasteiger charge is -2.32. The fraction of sp³-hybridized carbons (Fsp3) is 0.455. The minimum absolute atomic E-state index is 0. The van der Waals surface area contributed by atoms with Gasteiger partial charge in [-0.2, -0.15) is 0 Å². The maximum Gasteiger partial charge on any atom is 0.150 e. The molecule has 2 N–H and O–H groups in total. The molecule has 2 atom stereocenters. The van der Waals surface area contributed by atoms with Crippen molar-refractivity contribution in [3.63, 3.8) is 0 Å². The lowest BCUT2D eigenvalue weighted by atomic mass is 9.76. The molecule has 1 aliphatic carbocycles. The van der Waals surface area contributed by atoms with Crippen LogP contribution >= 0.6 is 24.0 Å². The number of aryl methyl sites for hydroxylation is 2. The lowest BCUT2D eigenvalue weighted by Crippen LogP contribution is -2.34. The molecule has 0 aromatic heterocycles. The predicted molar refractivity (Wildman–Crippen MR) is 121 cm³/mol. The number of nitrogens with two attached hydrogens (primary N) is 1. The van der Waals surface area contributed by atoms with E-state index < -0.39 is 9.84 Å². The van der Waals surface area contributed by atoms with Gasteiger partial charge in [0.25, 0.3) is 0 Å². The number of fused-ring (bicyclic) bond motifs is 1. The van der Waals surface area contributed by atoms with Crippen LogP contribution in [0.15, 0.2) is 42.5 Å². The average molecular weight is 442 g/mol. The van der Waals surface area contributed by atoms with Crippen LogP contribution in [0.4, 0.5) is 0 Å². The summed E-state index contributed by atoms with van der Waals surface area (Å²) in [4.78, 5) is 0. The maximum absolute atomic E-state index is 12.0. The zero-order valence-corrected chi connectivity index (χ0v) is 18.6. The highest BCUT2D eigenvalue weighted by molar-refractivity contribution is 7.91. The molecule has 6 heteroatoms. The highest BCUT2D eigenvalue weighted by atomic mass is 35.5. The number of rotatable bonds is 7. The van der Waals surface area contributed by atoms with Gasteiger partial charge in [0, 0.05) is 22.7 Å². The van der Waals surface area contributed by atoms with E-state index in [1.807, 2.05) is 25.1 Å². The molecule has 0 fully saturated rings. The fourth-order valence-electron chi connectivity index (χ4n) is 3.99. The van der Waals surface area contributed by atoms with Crippen molar-refractivity contribution in [3.05, 3.63) is 69.7 Å². The molecule has 0 radical (unpaired) electrons. The second kappa shape index (κ2) is 10.1. The van der Waals surface area contributed by atoms with E-state index >= 15 is 0 Å². The minimum atomic E-state index is -2.97. The first-order chi connectivity index (χ1) is 12.9. The van der Waals surface area contributed by atoms with Gasteiger partial charge in [-0.3, -0.25) is 0 Å². The molecule has 3 nitrogen and oxygen atoms in total. The molecule has 2 unspecified atom stereocenters. The maximum atomic E-state index is 12.0. The second-order valence-corrected chi connectivity index (χ2v) is 10.3. The molecule has 0 heterocycles. The smallest absolute Gasteiger partial charge is 0.150 e. The van der Waals surface area contributed by atoms with Crippen LogP contribution in [0.25, 0.3) is 0 Å². The van der Waals surface area contributed by atoms with Gasteiger partial charge in [-0.1, -0.05) is 48.9 Å². The highest BCUT2D eigenvalue weighted by Crippen LogP contribution is 2.34. The van der Waals surface area contributed by atoms with Gasteiger partial charge in [0.1, 0.15) is 0 Å². The quantitative estimate of drug-likeness (QED) is 0.675. The van der Waals surface area contributed by atoms with Crippen molar-refractivity contribution in [1.29, 1.82) is 0 Å². The van der Waals surface area contributed by atoms with Gasteiger partial charge in [0.15, 0.2) is 9.84 Å². The molecular weight excluding hydrogens is 413 g/mol. The topological polar surface area (TPSA) is 60.2 Å². The fourth-order valence-corrected chi connectivity index (χ4v) is 5.58. The van der Waals surface area contributed by atoms with Crippen molar-refractivity contribution in [3.8, 4) is 0 Å².